The number of carbonyl (C=O) groups excluding carboxylic acids is 1. The maximum Gasteiger partial charge on any atom is 0.150 e. The highest BCUT2D eigenvalue weighted by molar-refractivity contribution is 5.74. The number of H-pyrrole nitrogens is 1. The maximum atomic E-state index is 10.4. The van der Waals surface area contributed by atoms with Gasteiger partial charge in [0.1, 0.15) is 6.29 Å². The monoisotopic (exact) mass is 200 g/mol. The summed E-state index contributed by atoms with van der Waals surface area (Å²) in [6.45, 7) is 0. The normalized spacial score (nSPS) is 10.1. The van der Waals surface area contributed by atoms with Crippen LogP contribution >= 0.6 is 0 Å². The van der Waals surface area contributed by atoms with Crippen LogP contribution in [-0.2, 0) is 12.8 Å². The van der Waals surface area contributed by atoms with Gasteiger partial charge in [-0.1, -0.05) is 24.3 Å². The van der Waals surface area contributed by atoms with Gasteiger partial charge < -0.3 is 4.98 Å². The van der Waals surface area contributed by atoms with Crippen LogP contribution in [0.4, 0.5) is 0 Å². The molecule has 0 atom stereocenters. The van der Waals surface area contributed by atoms with Crippen molar-refractivity contribution in [2.45, 2.75) is 12.8 Å². The van der Waals surface area contributed by atoms with Crippen LogP contribution < -0.4 is 0 Å². The number of aldehydes is 1. The third-order valence-corrected chi connectivity index (χ3v) is 2.34. The molecular weight excluding hydrogens is 188 g/mol. The van der Waals surface area contributed by atoms with Gasteiger partial charge in [-0.25, -0.2) is 4.98 Å². The van der Waals surface area contributed by atoms with E-state index in [0.29, 0.717) is 0 Å². The fraction of sp³-hybridized carbons (Fsp3) is 0.167. The lowest BCUT2D eigenvalue weighted by Gasteiger charge is -1.99. The molecule has 0 saturated heterocycles. The zero-order valence-electron chi connectivity index (χ0n) is 8.31. The lowest BCUT2D eigenvalue weighted by atomic mass is 10.1. The molecule has 2 rings (SSSR count). The molecule has 0 aliphatic heterocycles. The quantitative estimate of drug-likeness (QED) is 0.767. The van der Waals surface area contributed by atoms with E-state index in [1.807, 2.05) is 30.5 Å². The van der Waals surface area contributed by atoms with E-state index in [9.17, 15) is 4.79 Å². The molecule has 3 heteroatoms. The topological polar surface area (TPSA) is 45.8 Å². The number of aryl methyl sites for hydroxylation is 2. The Morgan fingerprint density at radius 3 is 2.60 bits per heavy atom. The van der Waals surface area contributed by atoms with E-state index >= 15 is 0 Å². The van der Waals surface area contributed by atoms with Crippen molar-refractivity contribution in [3.05, 3.63) is 53.6 Å². The molecule has 76 valence electrons. The molecule has 15 heavy (non-hydrogen) atoms. The molecule has 0 radical (unpaired) electrons. The average molecular weight is 200 g/mol. The predicted octanol–water partition coefficient (Wildman–Crippen LogP) is 2.01. The number of carbonyl (C=O) groups is 1. The number of rotatable bonds is 4. The SMILES string of the molecule is O=Cc1ccc(CCc2c[nH]cn2)cc1. The molecule has 3 nitrogen and oxygen atoms in total. The molecule has 0 amide bonds. The summed E-state index contributed by atoms with van der Waals surface area (Å²) < 4.78 is 0. The van der Waals surface area contributed by atoms with Gasteiger partial charge in [0.15, 0.2) is 0 Å². The summed E-state index contributed by atoms with van der Waals surface area (Å²) in [4.78, 5) is 17.5. The lowest BCUT2D eigenvalue weighted by Crippen LogP contribution is -1.91. The molecule has 0 saturated carbocycles. The number of aromatic amines is 1. The second-order valence-corrected chi connectivity index (χ2v) is 3.42. The number of hydrogen-bond donors (Lipinski definition) is 1. The molecule has 2 aromatic rings. The van der Waals surface area contributed by atoms with E-state index in [0.717, 1.165) is 30.4 Å². The maximum absolute atomic E-state index is 10.4. The van der Waals surface area contributed by atoms with Crippen molar-refractivity contribution >= 4 is 6.29 Å². The van der Waals surface area contributed by atoms with Crippen LogP contribution in [0.5, 0.6) is 0 Å². The Labute approximate surface area is 88.2 Å². The molecule has 1 aromatic heterocycles. The molecule has 1 N–H and O–H groups in total. The summed E-state index contributed by atoms with van der Waals surface area (Å²) in [5, 5.41) is 0. The molecular formula is C12H12N2O. The second-order valence-electron chi connectivity index (χ2n) is 3.42. The van der Waals surface area contributed by atoms with Crippen LogP contribution in [0.15, 0.2) is 36.8 Å². The summed E-state index contributed by atoms with van der Waals surface area (Å²) in [6.07, 6.45) is 6.32. The standard InChI is InChI=1S/C12H12N2O/c15-8-11-3-1-10(2-4-11)5-6-12-7-13-9-14-12/h1-4,7-9H,5-6H2,(H,13,14). The zero-order chi connectivity index (χ0) is 10.5. The lowest BCUT2D eigenvalue weighted by molar-refractivity contribution is 0.112. The minimum absolute atomic E-state index is 0.721. The minimum atomic E-state index is 0.721. The molecule has 0 aliphatic rings. The molecule has 1 aromatic carbocycles. The van der Waals surface area contributed by atoms with E-state index < -0.39 is 0 Å². The van der Waals surface area contributed by atoms with Gasteiger partial charge >= 0.3 is 0 Å². The van der Waals surface area contributed by atoms with Crippen molar-refractivity contribution in [2.24, 2.45) is 0 Å². The Morgan fingerprint density at radius 1 is 1.20 bits per heavy atom. The fourth-order valence-corrected chi connectivity index (χ4v) is 1.46. The van der Waals surface area contributed by atoms with Crippen LogP contribution in [-0.4, -0.2) is 16.3 Å². The smallest absolute Gasteiger partial charge is 0.150 e. The first-order valence-electron chi connectivity index (χ1n) is 4.90. The van der Waals surface area contributed by atoms with E-state index in [-0.39, 0.29) is 0 Å². The van der Waals surface area contributed by atoms with E-state index in [1.165, 1.54) is 5.56 Å². The first kappa shape index (κ1) is 9.65. The number of aromatic nitrogens is 2. The average Bonchev–Trinajstić information content (AvgIpc) is 2.80. The largest absolute Gasteiger partial charge is 0.351 e. The van der Waals surface area contributed by atoms with Crippen molar-refractivity contribution in [3.63, 3.8) is 0 Å². The highest BCUT2D eigenvalue weighted by Gasteiger charge is 1.97. The van der Waals surface area contributed by atoms with Gasteiger partial charge in [-0.2, -0.15) is 0 Å². The van der Waals surface area contributed by atoms with Gasteiger partial charge in [0.05, 0.1) is 12.0 Å². The third-order valence-electron chi connectivity index (χ3n) is 2.34. The fourth-order valence-electron chi connectivity index (χ4n) is 1.46. The molecule has 0 fully saturated rings. The Kier molecular flexibility index (Phi) is 2.93. The van der Waals surface area contributed by atoms with Crippen LogP contribution in [0.3, 0.4) is 0 Å². The van der Waals surface area contributed by atoms with Crippen molar-refractivity contribution in [2.75, 3.05) is 0 Å². The molecule has 1 heterocycles. The summed E-state index contributed by atoms with van der Waals surface area (Å²) in [6, 6.07) is 7.65. The van der Waals surface area contributed by atoms with E-state index in [2.05, 4.69) is 9.97 Å². The van der Waals surface area contributed by atoms with Crippen molar-refractivity contribution < 1.29 is 4.79 Å². The van der Waals surface area contributed by atoms with Gasteiger partial charge in [-0.15, -0.1) is 0 Å². The summed E-state index contributed by atoms with van der Waals surface area (Å²) in [7, 11) is 0. The zero-order valence-corrected chi connectivity index (χ0v) is 8.31. The molecule has 0 aliphatic carbocycles. The summed E-state index contributed by atoms with van der Waals surface area (Å²) in [5.41, 5.74) is 3.01. The Bertz CT molecular complexity index is 417. The van der Waals surface area contributed by atoms with Crippen LogP contribution in [0.1, 0.15) is 21.6 Å². The Hall–Kier alpha value is -1.90. The third kappa shape index (κ3) is 2.53. The Morgan fingerprint density at radius 2 is 2.00 bits per heavy atom. The number of benzene rings is 1. The van der Waals surface area contributed by atoms with Crippen LogP contribution in [0.25, 0.3) is 0 Å². The number of hydrogen-bond acceptors (Lipinski definition) is 2. The van der Waals surface area contributed by atoms with Crippen LogP contribution in [0.2, 0.25) is 0 Å². The van der Waals surface area contributed by atoms with Gasteiger partial charge in [-0.05, 0) is 18.4 Å². The predicted molar refractivity (Wildman–Crippen MR) is 57.8 cm³/mol. The van der Waals surface area contributed by atoms with E-state index in [1.54, 1.807) is 6.33 Å². The molecule has 0 spiro atoms. The highest BCUT2D eigenvalue weighted by atomic mass is 16.1. The van der Waals surface area contributed by atoms with E-state index in [4.69, 9.17) is 0 Å². The first-order chi connectivity index (χ1) is 7.38. The van der Waals surface area contributed by atoms with Crippen molar-refractivity contribution in [3.8, 4) is 0 Å². The number of nitrogens with zero attached hydrogens (tertiary/aromatic N) is 1. The second kappa shape index (κ2) is 4.55. The van der Waals surface area contributed by atoms with Gasteiger partial charge in [0, 0.05) is 11.8 Å². The Balaban J connectivity index is 1.96. The number of imidazole rings is 1. The van der Waals surface area contributed by atoms with Gasteiger partial charge in [-0.3, -0.25) is 4.79 Å². The highest BCUT2D eigenvalue weighted by Crippen LogP contribution is 2.06. The summed E-state index contributed by atoms with van der Waals surface area (Å²) in [5.74, 6) is 0. The van der Waals surface area contributed by atoms with Crippen molar-refractivity contribution in [1.29, 1.82) is 0 Å². The van der Waals surface area contributed by atoms with Gasteiger partial charge in [0.2, 0.25) is 0 Å². The molecule has 0 bridgehead atoms. The summed E-state index contributed by atoms with van der Waals surface area (Å²) >= 11 is 0. The van der Waals surface area contributed by atoms with Crippen molar-refractivity contribution in [1.82, 2.24) is 9.97 Å². The molecule has 0 unspecified atom stereocenters. The van der Waals surface area contributed by atoms with Gasteiger partial charge in [0.25, 0.3) is 0 Å². The number of nitrogens with one attached hydrogen (secondary N) is 1. The first-order valence-corrected chi connectivity index (χ1v) is 4.90. The minimum Gasteiger partial charge on any atom is -0.351 e. The van der Waals surface area contributed by atoms with Crippen LogP contribution in [0, 0.1) is 0 Å².